The van der Waals surface area contributed by atoms with E-state index >= 15 is 0 Å². The molecule has 2 aromatic heterocycles. The number of halogens is 6. The van der Waals surface area contributed by atoms with Gasteiger partial charge in [-0.15, -0.1) is 24.3 Å². The van der Waals surface area contributed by atoms with E-state index in [9.17, 15) is 26.3 Å². The number of benzene rings is 6. The van der Waals surface area contributed by atoms with Crippen molar-refractivity contribution in [3.63, 3.8) is 0 Å². The zero-order valence-corrected chi connectivity index (χ0v) is 35.4. The van der Waals surface area contributed by atoms with Crippen LogP contribution in [-0.4, -0.2) is 72.9 Å². The number of hydrogen-bond donors (Lipinski definition) is 2. The molecule has 0 bridgehead atoms. The fraction of sp³-hybridized carbons (Fsp3) is 0.209. The van der Waals surface area contributed by atoms with Crippen molar-refractivity contribution < 1.29 is 66.1 Å². The van der Waals surface area contributed by atoms with Crippen molar-refractivity contribution in [3.05, 3.63) is 133 Å². The fourth-order valence-electron chi connectivity index (χ4n) is 5.33. The maximum Gasteiger partial charge on any atom is 0.386 e. The smallest absolute Gasteiger partial charge is 0.386 e. The zero-order valence-electron chi connectivity index (χ0n) is 33.0. The number of aromatic nitrogens is 6. The monoisotopic (exact) mass is 1010 g/mol. The molecule has 1 atom stereocenters. The van der Waals surface area contributed by atoms with Crippen molar-refractivity contribution in [2.45, 2.75) is 46.2 Å². The van der Waals surface area contributed by atoms with Gasteiger partial charge in [-0.05, 0) is 55.6 Å². The Bertz CT molecular complexity index is 2370. The number of methoxy groups -OCH3 is 2. The molecular formula is C43H40F6IrN6O4-2. The summed E-state index contributed by atoms with van der Waals surface area (Å²) in [6.45, 7) is 3.48. The summed E-state index contributed by atoms with van der Waals surface area (Å²) in [6.07, 6.45) is -7.18. The third-order valence-electron chi connectivity index (χ3n) is 7.47. The van der Waals surface area contributed by atoms with E-state index in [1.807, 2.05) is 109 Å². The first-order valence-corrected chi connectivity index (χ1v) is 17.6. The average molecular weight is 1010 g/mol. The Morgan fingerprint density at radius 1 is 0.600 bits per heavy atom. The summed E-state index contributed by atoms with van der Waals surface area (Å²) in [7, 11) is 3.32. The molecule has 10 nitrogen and oxygen atoms in total. The van der Waals surface area contributed by atoms with Crippen LogP contribution in [0.25, 0.3) is 55.0 Å². The molecule has 2 heterocycles. The number of alkyl halides is 6. The normalized spacial score (nSPS) is 11.7. The van der Waals surface area contributed by atoms with Gasteiger partial charge < -0.3 is 19.7 Å². The van der Waals surface area contributed by atoms with E-state index in [2.05, 4.69) is 32.5 Å². The SMILES string of the molecule is CC(F)(F)F.CC(F)(F)F.CC(O)=CC(C)O.COc1c[c-]c(-n2nc3ccccc3n2)c2ccccc12.COc1c[c-]c(-n2nc3ccccc3n2)c2ccccc12.[Ir]. The second-order valence-electron chi connectivity index (χ2n) is 12.6. The van der Waals surface area contributed by atoms with Crippen LogP contribution < -0.4 is 9.47 Å². The summed E-state index contributed by atoms with van der Waals surface area (Å²) >= 11 is 0. The third-order valence-corrected chi connectivity index (χ3v) is 7.47. The molecule has 0 aliphatic carbocycles. The standard InChI is InChI=1S/2C17H12N3O.C5H10O2.2C2H3F3.Ir/c2*1-21-17-11-10-16(12-6-2-3-7-13(12)17)20-18-14-8-4-5-9-15(14)19-20;1-4(6)3-5(2)7;2*1-2(3,4)5;/h2*2-9,11H,1H3;3-4,6-7H,1-2H3;2*1H3;/q2*-1;;;;. The van der Waals surface area contributed by atoms with Gasteiger partial charge in [0.2, 0.25) is 0 Å². The van der Waals surface area contributed by atoms with E-state index < -0.39 is 18.5 Å². The van der Waals surface area contributed by atoms with Crippen LogP contribution in [0.3, 0.4) is 0 Å². The maximum absolute atomic E-state index is 10.4. The van der Waals surface area contributed by atoms with Crippen LogP contribution in [-0.2, 0) is 20.1 Å². The van der Waals surface area contributed by atoms with Crippen LogP contribution in [0.4, 0.5) is 26.3 Å². The van der Waals surface area contributed by atoms with Crippen molar-refractivity contribution in [1.29, 1.82) is 0 Å². The second-order valence-corrected chi connectivity index (χ2v) is 12.6. The fourth-order valence-corrected chi connectivity index (χ4v) is 5.33. The largest absolute Gasteiger partial charge is 0.554 e. The van der Waals surface area contributed by atoms with Gasteiger partial charge >= 0.3 is 12.4 Å². The van der Waals surface area contributed by atoms with Crippen molar-refractivity contribution >= 4 is 43.6 Å². The van der Waals surface area contributed by atoms with Gasteiger partial charge in [-0.3, -0.25) is 0 Å². The van der Waals surface area contributed by atoms with Crippen molar-refractivity contribution in [2.24, 2.45) is 0 Å². The van der Waals surface area contributed by atoms with E-state index in [1.54, 1.807) is 30.7 Å². The summed E-state index contributed by atoms with van der Waals surface area (Å²) in [5, 5.41) is 39.1. The summed E-state index contributed by atoms with van der Waals surface area (Å²) in [5.41, 5.74) is 5.11. The Balaban J connectivity index is 0.000000231. The summed E-state index contributed by atoms with van der Waals surface area (Å²) in [5.74, 6) is 1.76. The first-order chi connectivity index (χ1) is 27.9. The minimum Gasteiger partial charge on any atom is -0.554 e. The quantitative estimate of drug-likeness (QED) is 0.0994. The number of ether oxygens (including phenoxy) is 2. The molecular weight excluding hydrogens is 971 g/mol. The predicted molar refractivity (Wildman–Crippen MR) is 215 cm³/mol. The van der Waals surface area contributed by atoms with Crippen LogP contribution in [0.2, 0.25) is 0 Å². The van der Waals surface area contributed by atoms with Gasteiger partial charge in [0.05, 0.1) is 26.1 Å². The predicted octanol–water partition coefficient (Wildman–Crippen LogP) is 10.7. The molecule has 8 rings (SSSR count). The van der Waals surface area contributed by atoms with E-state index in [0.717, 1.165) is 66.5 Å². The molecule has 2 N–H and O–H groups in total. The summed E-state index contributed by atoms with van der Waals surface area (Å²) in [4.78, 5) is 3.26. The first kappa shape index (κ1) is 48.3. The number of aliphatic hydroxyl groups is 2. The molecule has 0 fully saturated rings. The zero-order chi connectivity index (χ0) is 43.3. The molecule has 0 amide bonds. The second kappa shape index (κ2) is 21.8. The molecule has 0 saturated carbocycles. The molecule has 0 saturated heterocycles. The van der Waals surface area contributed by atoms with Crippen molar-refractivity contribution in [1.82, 2.24) is 30.0 Å². The Morgan fingerprint density at radius 3 is 1.10 bits per heavy atom. The van der Waals surface area contributed by atoms with Crippen molar-refractivity contribution in [3.8, 4) is 22.9 Å². The molecule has 0 spiro atoms. The number of allylic oxidation sites excluding steroid dienone is 1. The third kappa shape index (κ3) is 14.7. The van der Waals surface area contributed by atoms with Gasteiger partial charge in [-0.1, -0.05) is 82.2 Å². The maximum atomic E-state index is 10.4. The molecule has 319 valence electrons. The van der Waals surface area contributed by atoms with E-state index in [-0.39, 0.29) is 39.7 Å². The van der Waals surface area contributed by atoms with Crippen LogP contribution >= 0.6 is 0 Å². The number of hydrogen-bond acceptors (Lipinski definition) is 8. The van der Waals surface area contributed by atoms with Gasteiger partial charge in [0.25, 0.3) is 0 Å². The Labute approximate surface area is 355 Å². The van der Waals surface area contributed by atoms with Gasteiger partial charge in [-0.25, -0.2) is 0 Å². The molecule has 8 aromatic rings. The first-order valence-electron chi connectivity index (χ1n) is 17.6. The molecule has 1 radical (unpaired) electrons. The minimum atomic E-state index is -4.00. The number of nitrogens with zero attached hydrogens (tertiary/aromatic N) is 6. The van der Waals surface area contributed by atoms with Crippen LogP contribution in [0.5, 0.6) is 11.5 Å². The molecule has 17 heteroatoms. The van der Waals surface area contributed by atoms with Crippen molar-refractivity contribution in [2.75, 3.05) is 14.2 Å². The van der Waals surface area contributed by atoms with E-state index in [1.165, 1.54) is 13.0 Å². The summed E-state index contributed by atoms with van der Waals surface area (Å²) < 4.78 is 72.9. The topological polar surface area (TPSA) is 120 Å². The van der Waals surface area contributed by atoms with Crippen LogP contribution in [0, 0.1) is 12.1 Å². The molecule has 0 aliphatic heterocycles. The number of aliphatic hydroxyl groups excluding tert-OH is 2. The number of fused-ring (bicyclic) bond motifs is 4. The van der Waals surface area contributed by atoms with Crippen LogP contribution in [0.1, 0.15) is 27.7 Å². The van der Waals surface area contributed by atoms with Gasteiger partial charge in [0.15, 0.2) is 0 Å². The van der Waals surface area contributed by atoms with E-state index in [0.29, 0.717) is 0 Å². The van der Waals surface area contributed by atoms with Gasteiger partial charge in [0.1, 0.15) is 22.1 Å². The molecule has 1 unspecified atom stereocenters. The van der Waals surface area contributed by atoms with Gasteiger partial charge in [0, 0.05) is 45.5 Å². The van der Waals surface area contributed by atoms with Gasteiger partial charge in [-0.2, -0.15) is 68.5 Å². The number of rotatable bonds is 5. The Hall–Kier alpha value is -6.03. The molecule has 6 aromatic carbocycles. The van der Waals surface area contributed by atoms with E-state index in [4.69, 9.17) is 19.7 Å². The average Bonchev–Trinajstić information content (AvgIpc) is 3.80. The molecule has 60 heavy (non-hydrogen) atoms. The molecule has 0 aliphatic rings. The summed E-state index contributed by atoms with van der Waals surface area (Å²) in [6, 6.07) is 41.8. The minimum absolute atomic E-state index is 0. The Morgan fingerprint density at radius 2 is 0.867 bits per heavy atom. The van der Waals surface area contributed by atoms with Crippen LogP contribution in [0.15, 0.2) is 121 Å². The Kier molecular flexibility index (Phi) is 17.6.